The summed E-state index contributed by atoms with van der Waals surface area (Å²) in [6, 6.07) is 15.0. The van der Waals surface area contributed by atoms with Crippen LogP contribution in [-0.2, 0) is 9.84 Å². The van der Waals surface area contributed by atoms with E-state index in [2.05, 4.69) is 28.7 Å². The van der Waals surface area contributed by atoms with Gasteiger partial charge in [-0.3, -0.25) is 0 Å². The summed E-state index contributed by atoms with van der Waals surface area (Å²) in [7, 11) is -1.31. The van der Waals surface area contributed by atoms with Crippen molar-refractivity contribution in [2.75, 3.05) is 18.2 Å². The summed E-state index contributed by atoms with van der Waals surface area (Å²) in [5.41, 5.74) is 0.625. The maximum atomic E-state index is 12.0. The van der Waals surface area contributed by atoms with Crippen LogP contribution in [0.1, 0.15) is 20.3 Å². The highest BCUT2D eigenvalue weighted by Gasteiger charge is 2.52. The fourth-order valence-electron chi connectivity index (χ4n) is 4.07. The quantitative estimate of drug-likeness (QED) is 0.637. The Morgan fingerprint density at radius 3 is 2.48 bits per heavy atom. The summed E-state index contributed by atoms with van der Waals surface area (Å²) in [6.45, 7) is 4.38. The molecule has 0 unspecified atom stereocenters. The van der Waals surface area contributed by atoms with Crippen molar-refractivity contribution in [3.8, 4) is 5.75 Å². The third kappa shape index (κ3) is 3.55. The first-order chi connectivity index (χ1) is 13.7. The largest absolute Gasteiger partial charge is 0.490 e. The molecule has 0 spiro atoms. The Balaban J connectivity index is 1.63. The second-order valence-corrected chi connectivity index (χ2v) is 10.3. The molecule has 1 aliphatic rings. The molecular formula is C22H25N3O3S. The number of hydrogen-bond acceptors (Lipinski definition) is 6. The summed E-state index contributed by atoms with van der Waals surface area (Å²) in [4.78, 5) is 11.2. The first-order valence-corrected chi connectivity index (χ1v) is 11.5. The van der Waals surface area contributed by atoms with Crippen LogP contribution in [0.4, 0.5) is 5.82 Å². The van der Waals surface area contributed by atoms with E-state index in [0.29, 0.717) is 0 Å². The Kier molecular flexibility index (Phi) is 4.73. The van der Waals surface area contributed by atoms with Crippen molar-refractivity contribution in [1.29, 1.82) is 0 Å². The molecule has 4 rings (SSSR count). The molecule has 0 amide bonds. The lowest BCUT2D eigenvalue weighted by Gasteiger charge is -2.55. The van der Waals surface area contributed by atoms with Crippen molar-refractivity contribution < 1.29 is 13.2 Å². The van der Waals surface area contributed by atoms with E-state index < -0.39 is 9.84 Å². The fourth-order valence-corrected chi connectivity index (χ4v) is 4.71. The molecular weight excluding hydrogens is 386 g/mol. The number of hydrogen-bond donors (Lipinski definition) is 0. The standard InChI is InChI=1S/C22H25N3O3S/c1-22(2)19(13-20(22)28-15-8-6-5-7-9-15)25(3)21-17-12-16(29(4,26)27)10-11-18(17)23-14-24-21/h5-12,14,19-20H,13H2,1-4H3/t19-,20+/m0/s1. The molecule has 6 nitrogen and oxygen atoms in total. The summed E-state index contributed by atoms with van der Waals surface area (Å²) >= 11 is 0. The Morgan fingerprint density at radius 2 is 1.83 bits per heavy atom. The van der Waals surface area contributed by atoms with Gasteiger partial charge < -0.3 is 9.64 Å². The molecule has 1 saturated carbocycles. The Hall–Kier alpha value is -2.67. The van der Waals surface area contributed by atoms with Crippen LogP contribution < -0.4 is 9.64 Å². The Labute approximate surface area is 171 Å². The molecule has 1 aromatic heterocycles. The molecule has 1 heterocycles. The van der Waals surface area contributed by atoms with Crippen LogP contribution in [0, 0.1) is 5.41 Å². The molecule has 2 atom stereocenters. The number of fused-ring (bicyclic) bond motifs is 1. The fraction of sp³-hybridized carbons (Fsp3) is 0.364. The van der Waals surface area contributed by atoms with Crippen LogP contribution in [0.15, 0.2) is 59.8 Å². The molecule has 2 aromatic carbocycles. The number of ether oxygens (including phenoxy) is 1. The molecule has 3 aromatic rings. The van der Waals surface area contributed by atoms with E-state index in [1.54, 1.807) is 18.2 Å². The third-order valence-electron chi connectivity index (χ3n) is 5.96. The van der Waals surface area contributed by atoms with E-state index in [-0.39, 0.29) is 22.5 Å². The zero-order valence-electron chi connectivity index (χ0n) is 17.0. The minimum atomic E-state index is -3.31. The zero-order chi connectivity index (χ0) is 20.8. The van der Waals surface area contributed by atoms with Crippen molar-refractivity contribution in [3.05, 3.63) is 54.9 Å². The average molecular weight is 412 g/mol. The van der Waals surface area contributed by atoms with Gasteiger partial charge in [0, 0.05) is 36.6 Å². The number of para-hydroxylation sites is 1. The van der Waals surface area contributed by atoms with Crippen LogP contribution in [-0.4, -0.2) is 43.8 Å². The number of benzene rings is 2. The monoisotopic (exact) mass is 411 g/mol. The van der Waals surface area contributed by atoms with Crippen molar-refractivity contribution in [3.63, 3.8) is 0 Å². The van der Waals surface area contributed by atoms with Crippen molar-refractivity contribution in [1.82, 2.24) is 9.97 Å². The van der Waals surface area contributed by atoms with Crippen molar-refractivity contribution >= 4 is 26.6 Å². The molecule has 0 aliphatic heterocycles. The van der Waals surface area contributed by atoms with Crippen molar-refractivity contribution in [2.24, 2.45) is 5.41 Å². The zero-order valence-corrected chi connectivity index (χ0v) is 17.8. The maximum absolute atomic E-state index is 12.0. The van der Waals surface area contributed by atoms with E-state index in [1.165, 1.54) is 12.6 Å². The highest BCUT2D eigenvalue weighted by Crippen LogP contribution is 2.47. The number of aromatic nitrogens is 2. The SMILES string of the molecule is CN(c1ncnc2ccc(S(C)(=O)=O)cc12)[C@H]1C[C@@H](Oc2ccccc2)C1(C)C. The second kappa shape index (κ2) is 6.99. The second-order valence-electron chi connectivity index (χ2n) is 8.25. The van der Waals surface area contributed by atoms with Gasteiger partial charge in [0.2, 0.25) is 0 Å². The number of sulfone groups is 1. The topological polar surface area (TPSA) is 72.4 Å². The van der Waals surface area contributed by atoms with Crippen LogP contribution in [0.3, 0.4) is 0 Å². The lowest BCUT2D eigenvalue weighted by Crippen LogP contribution is -2.62. The van der Waals surface area contributed by atoms with E-state index in [4.69, 9.17) is 4.74 Å². The predicted octanol–water partition coefficient (Wildman–Crippen LogP) is 3.72. The first kappa shape index (κ1) is 19.6. The van der Waals surface area contributed by atoms with Crippen LogP contribution in [0.5, 0.6) is 5.75 Å². The maximum Gasteiger partial charge on any atom is 0.175 e. The predicted molar refractivity (Wildman–Crippen MR) is 114 cm³/mol. The first-order valence-electron chi connectivity index (χ1n) is 9.57. The average Bonchev–Trinajstić information content (AvgIpc) is 2.69. The van der Waals surface area contributed by atoms with Gasteiger partial charge in [0.25, 0.3) is 0 Å². The normalized spacial score (nSPS) is 20.8. The smallest absolute Gasteiger partial charge is 0.175 e. The van der Waals surface area contributed by atoms with Gasteiger partial charge in [0.15, 0.2) is 9.84 Å². The Bertz CT molecular complexity index is 1150. The lowest BCUT2D eigenvalue weighted by molar-refractivity contribution is -0.0416. The van der Waals surface area contributed by atoms with Gasteiger partial charge in [-0.25, -0.2) is 18.4 Å². The van der Waals surface area contributed by atoms with E-state index >= 15 is 0 Å². The van der Waals surface area contributed by atoms with E-state index in [1.807, 2.05) is 37.4 Å². The van der Waals surface area contributed by atoms with Gasteiger partial charge in [-0.05, 0) is 30.3 Å². The number of anilines is 1. The number of rotatable bonds is 5. The highest BCUT2D eigenvalue weighted by atomic mass is 32.2. The molecule has 0 radical (unpaired) electrons. The summed E-state index contributed by atoms with van der Waals surface area (Å²) in [5, 5.41) is 0.737. The molecule has 1 fully saturated rings. The molecule has 7 heteroatoms. The molecule has 152 valence electrons. The molecule has 0 bridgehead atoms. The van der Waals surface area contributed by atoms with Gasteiger partial charge in [0.05, 0.1) is 10.4 Å². The van der Waals surface area contributed by atoms with E-state index in [9.17, 15) is 8.42 Å². The molecule has 29 heavy (non-hydrogen) atoms. The lowest BCUT2D eigenvalue weighted by atomic mass is 9.63. The van der Waals surface area contributed by atoms with Crippen LogP contribution in [0.2, 0.25) is 0 Å². The molecule has 0 saturated heterocycles. The summed E-state index contributed by atoms with van der Waals surface area (Å²) in [5.74, 6) is 1.61. The van der Waals surface area contributed by atoms with Crippen molar-refractivity contribution in [2.45, 2.75) is 37.3 Å². The number of nitrogens with zero attached hydrogens (tertiary/aromatic N) is 3. The minimum Gasteiger partial charge on any atom is -0.490 e. The minimum absolute atomic E-state index is 0.0945. The summed E-state index contributed by atoms with van der Waals surface area (Å²) in [6.07, 6.45) is 3.69. The van der Waals surface area contributed by atoms with Gasteiger partial charge >= 0.3 is 0 Å². The highest BCUT2D eigenvalue weighted by molar-refractivity contribution is 7.90. The van der Waals surface area contributed by atoms with Gasteiger partial charge in [0.1, 0.15) is 24.0 Å². The molecule has 0 N–H and O–H groups in total. The summed E-state index contributed by atoms with van der Waals surface area (Å²) < 4.78 is 30.2. The van der Waals surface area contributed by atoms with Gasteiger partial charge in [-0.15, -0.1) is 0 Å². The van der Waals surface area contributed by atoms with Crippen LogP contribution in [0.25, 0.3) is 10.9 Å². The van der Waals surface area contributed by atoms with Gasteiger partial charge in [-0.2, -0.15) is 0 Å². The molecule has 1 aliphatic carbocycles. The van der Waals surface area contributed by atoms with Crippen LogP contribution >= 0.6 is 0 Å². The Morgan fingerprint density at radius 1 is 1.10 bits per heavy atom. The van der Waals surface area contributed by atoms with Gasteiger partial charge in [-0.1, -0.05) is 32.0 Å². The third-order valence-corrected chi connectivity index (χ3v) is 7.07. The van der Waals surface area contributed by atoms with E-state index in [0.717, 1.165) is 28.9 Å².